The van der Waals surface area contributed by atoms with Gasteiger partial charge >= 0.3 is 0 Å². The van der Waals surface area contributed by atoms with Crippen LogP contribution in [0.3, 0.4) is 0 Å². The van der Waals surface area contributed by atoms with Crippen molar-refractivity contribution in [3.8, 4) is 54.6 Å². The molecule has 196 valence electrons. The third kappa shape index (κ3) is 3.62. The van der Waals surface area contributed by atoms with Crippen molar-refractivity contribution in [2.75, 3.05) is 0 Å². The van der Waals surface area contributed by atoms with Gasteiger partial charge in [0.1, 0.15) is 17.7 Å². The fourth-order valence-electron chi connectivity index (χ4n) is 6.23. The lowest BCUT2D eigenvalue weighted by Crippen LogP contribution is -1.88. The average molecular weight is 572 g/mol. The van der Waals surface area contributed by atoms with Crippen LogP contribution in [0.25, 0.3) is 69.8 Å². The van der Waals surface area contributed by atoms with Gasteiger partial charge in [0, 0.05) is 49.1 Å². The van der Waals surface area contributed by atoms with E-state index in [-0.39, 0.29) is 5.57 Å². The Morgan fingerprint density at radius 2 is 1.21 bits per heavy atom. The molecule has 0 aliphatic heterocycles. The first kappa shape index (κ1) is 24.6. The van der Waals surface area contributed by atoms with E-state index in [1.54, 1.807) is 22.7 Å². The molecular weight excluding hydrogens is 551 g/mol. The van der Waals surface area contributed by atoms with Crippen LogP contribution in [-0.4, -0.2) is 4.57 Å². The van der Waals surface area contributed by atoms with Crippen molar-refractivity contribution in [2.45, 2.75) is 0 Å². The van der Waals surface area contributed by atoms with E-state index in [4.69, 9.17) is 0 Å². The summed E-state index contributed by atoms with van der Waals surface area (Å²) >= 11 is 3.44. The number of allylic oxidation sites excluding steroid dienone is 1. The van der Waals surface area contributed by atoms with E-state index in [0.717, 1.165) is 48.7 Å². The highest BCUT2D eigenvalue weighted by Crippen LogP contribution is 2.49. The van der Waals surface area contributed by atoms with Crippen LogP contribution < -0.4 is 0 Å². The smallest absolute Gasteiger partial charge is 0.138 e. The number of aromatic nitrogens is 1. The van der Waals surface area contributed by atoms with Gasteiger partial charge in [-0.1, -0.05) is 60.7 Å². The molecule has 1 aliphatic rings. The summed E-state index contributed by atoms with van der Waals surface area (Å²) in [5.41, 5.74) is 10.7. The van der Waals surface area contributed by atoms with Crippen LogP contribution in [0, 0.1) is 22.7 Å². The minimum absolute atomic E-state index is 0.144. The van der Waals surface area contributed by atoms with Gasteiger partial charge in [0.15, 0.2) is 0 Å². The fraction of sp³-hybridized carbons (Fsp3) is 0.0270. The molecule has 0 unspecified atom stereocenters. The maximum atomic E-state index is 9.92. The first-order valence-electron chi connectivity index (χ1n) is 13.6. The molecule has 0 spiro atoms. The predicted molar refractivity (Wildman–Crippen MR) is 175 cm³/mol. The molecule has 0 N–H and O–H groups in total. The average Bonchev–Trinajstić information content (AvgIpc) is 3.84. The maximum absolute atomic E-state index is 9.92. The normalized spacial score (nSPS) is 11.8. The first-order chi connectivity index (χ1) is 20.6. The van der Waals surface area contributed by atoms with Gasteiger partial charge in [0.05, 0.1) is 0 Å². The van der Waals surface area contributed by atoms with Crippen LogP contribution in [0.2, 0.25) is 0 Å². The summed E-state index contributed by atoms with van der Waals surface area (Å²) in [5.74, 6) is 0. The topological polar surface area (TPSA) is 52.5 Å². The monoisotopic (exact) mass is 571 g/mol. The minimum Gasteiger partial charge on any atom is -0.344 e. The van der Waals surface area contributed by atoms with E-state index in [1.807, 2.05) is 6.07 Å². The Morgan fingerprint density at radius 1 is 0.595 bits per heavy atom. The number of nitrogens with zero attached hydrogens (tertiary/aromatic N) is 3. The number of para-hydroxylation sites is 1. The van der Waals surface area contributed by atoms with Gasteiger partial charge in [0.2, 0.25) is 0 Å². The summed E-state index contributed by atoms with van der Waals surface area (Å²) in [6.45, 7) is 0. The summed E-state index contributed by atoms with van der Waals surface area (Å²) in [7, 11) is 2.13. The highest BCUT2D eigenvalue weighted by Gasteiger charge is 2.28. The van der Waals surface area contributed by atoms with Crippen molar-refractivity contribution in [1.82, 2.24) is 4.57 Å². The summed E-state index contributed by atoms with van der Waals surface area (Å²) in [4.78, 5) is 3.51. The molecule has 3 nitrogen and oxygen atoms in total. The molecular formula is C37H21N3S2. The summed E-state index contributed by atoms with van der Waals surface area (Å²) in [5, 5.41) is 24.4. The van der Waals surface area contributed by atoms with E-state index in [9.17, 15) is 10.5 Å². The lowest BCUT2D eigenvalue weighted by atomic mass is 9.96. The number of hydrogen-bond acceptors (Lipinski definition) is 4. The van der Waals surface area contributed by atoms with E-state index in [2.05, 4.69) is 126 Å². The predicted octanol–water partition coefficient (Wildman–Crippen LogP) is 10.3. The zero-order valence-electron chi connectivity index (χ0n) is 22.6. The Hall–Kier alpha value is -5.20. The SMILES string of the molecule is Cn1c2ccccc2c2ccc(-c3ccc(-c4ccc5c(c4)C(=C(C#N)C#N)c4cc(-c6cccs6)ccc4-5)s3)cc21. The van der Waals surface area contributed by atoms with Crippen LogP contribution in [0.5, 0.6) is 0 Å². The van der Waals surface area contributed by atoms with Crippen LogP contribution in [0.15, 0.2) is 114 Å². The largest absolute Gasteiger partial charge is 0.344 e. The zero-order chi connectivity index (χ0) is 28.4. The van der Waals surface area contributed by atoms with Crippen molar-refractivity contribution >= 4 is 50.1 Å². The van der Waals surface area contributed by atoms with E-state index in [0.29, 0.717) is 0 Å². The quantitative estimate of drug-likeness (QED) is 0.198. The molecule has 0 saturated carbocycles. The van der Waals surface area contributed by atoms with Crippen LogP contribution >= 0.6 is 22.7 Å². The molecule has 3 heterocycles. The maximum Gasteiger partial charge on any atom is 0.138 e. The molecule has 0 saturated heterocycles. The molecule has 5 heteroatoms. The van der Waals surface area contributed by atoms with Gasteiger partial charge in [-0.25, -0.2) is 0 Å². The van der Waals surface area contributed by atoms with Crippen molar-refractivity contribution in [1.29, 1.82) is 10.5 Å². The Morgan fingerprint density at radius 3 is 1.88 bits per heavy atom. The number of benzene rings is 4. The van der Waals surface area contributed by atoms with Gasteiger partial charge in [-0.3, -0.25) is 0 Å². The number of thiophene rings is 2. The van der Waals surface area contributed by atoms with Gasteiger partial charge in [-0.15, -0.1) is 22.7 Å². The molecule has 0 bridgehead atoms. The molecule has 0 radical (unpaired) electrons. The van der Waals surface area contributed by atoms with E-state index in [1.165, 1.54) is 32.2 Å². The van der Waals surface area contributed by atoms with E-state index < -0.39 is 0 Å². The highest BCUT2D eigenvalue weighted by atomic mass is 32.1. The number of nitriles is 2. The Balaban J connectivity index is 1.22. The highest BCUT2D eigenvalue weighted by molar-refractivity contribution is 7.18. The number of aryl methyl sites for hydroxylation is 1. The molecule has 7 aromatic rings. The molecule has 42 heavy (non-hydrogen) atoms. The molecule has 1 aliphatic carbocycles. The van der Waals surface area contributed by atoms with Crippen LogP contribution in [-0.2, 0) is 7.05 Å². The number of hydrogen-bond donors (Lipinski definition) is 0. The standard InChI is InChI=1S/C37H21N3S2/c1-40-32-6-3-2-5-28(32)29-13-10-24(19-33(29)40)36-15-14-35(42-36)23-9-12-27-26-11-8-22(34-7-4-16-41-34)17-30(26)37(31(27)18-23)25(20-38)21-39/h2-19H,1H3. The second-order valence-corrected chi connectivity index (χ2v) is 12.5. The van der Waals surface area contributed by atoms with Crippen LogP contribution in [0.4, 0.5) is 0 Å². The van der Waals surface area contributed by atoms with Gasteiger partial charge in [-0.2, -0.15) is 10.5 Å². The second kappa shape index (κ2) is 9.43. The third-order valence-corrected chi connectivity index (χ3v) is 10.3. The van der Waals surface area contributed by atoms with Gasteiger partial charge < -0.3 is 4.57 Å². The van der Waals surface area contributed by atoms with Crippen molar-refractivity contribution in [2.24, 2.45) is 7.05 Å². The molecule has 4 aromatic carbocycles. The number of fused-ring (bicyclic) bond motifs is 6. The van der Waals surface area contributed by atoms with Gasteiger partial charge in [-0.05, 0) is 86.8 Å². The zero-order valence-corrected chi connectivity index (χ0v) is 24.2. The summed E-state index contributed by atoms with van der Waals surface area (Å²) in [6, 6.07) is 40.9. The van der Waals surface area contributed by atoms with Crippen molar-refractivity contribution in [3.63, 3.8) is 0 Å². The molecule has 0 amide bonds. The second-order valence-electron chi connectivity index (χ2n) is 10.4. The molecule has 0 atom stereocenters. The lowest BCUT2D eigenvalue weighted by molar-refractivity contribution is 1.01. The number of rotatable bonds is 3. The first-order valence-corrected chi connectivity index (χ1v) is 15.3. The summed E-state index contributed by atoms with van der Waals surface area (Å²) < 4.78 is 2.26. The Labute approximate surface area is 251 Å². The van der Waals surface area contributed by atoms with Gasteiger partial charge in [0.25, 0.3) is 0 Å². The lowest BCUT2D eigenvalue weighted by Gasteiger charge is -2.06. The minimum atomic E-state index is 0.144. The van der Waals surface area contributed by atoms with Crippen molar-refractivity contribution in [3.05, 3.63) is 125 Å². The van der Waals surface area contributed by atoms with Crippen molar-refractivity contribution < 1.29 is 0 Å². The van der Waals surface area contributed by atoms with E-state index >= 15 is 0 Å². The molecule has 8 rings (SSSR count). The molecule has 0 fully saturated rings. The molecule has 3 aromatic heterocycles. The summed E-state index contributed by atoms with van der Waals surface area (Å²) in [6.07, 6.45) is 0. The third-order valence-electron chi connectivity index (χ3n) is 8.24. The van der Waals surface area contributed by atoms with Crippen LogP contribution in [0.1, 0.15) is 11.1 Å². The Bertz CT molecular complexity index is 2320. The fourth-order valence-corrected chi connectivity index (χ4v) is 7.96. The Kier molecular flexibility index (Phi) is 5.52.